The van der Waals surface area contributed by atoms with Crippen molar-refractivity contribution >= 4 is 5.91 Å². The number of aliphatic hydroxyl groups excluding tert-OH is 1. The molecule has 1 amide bonds. The van der Waals surface area contributed by atoms with Gasteiger partial charge in [0.1, 0.15) is 5.75 Å². The van der Waals surface area contributed by atoms with Crippen molar-refractivity contribution in [1.29, 1.82) is 0 Å². The lowest BCUT2D eigenvalue weighted by atomic mass is 9.95. The third-order valence-corrected chi connectivity index (χ3v) is 4.23. The van der Waals surface area contributed by atoms with E-state index in [-0.39, 0.29) is 18.4 Å². The molecule has 21 heavy (non-hydrogen) atoms. The molecule has 0 spiro atoms. The Morgan fingerprint density at radius 3 is 2.67 bits per heavy atom. The molecule has 0 bridgehead atoms. The van der Waals surface area contributed by atoms with Gasteiger partial charge in [-0.05, 0) is 44.2 Å². The van der Waals surface area contributed by atoms with Crippen LogP contribution in [-0.4, -0.2) is 29.8 Å². The van der Waals surface area contributed by atoms with Gasteiger partial charge in [-0.2, -0.15) is 0 Å². The van der Waals surface area contributed by atoms with Crippen molar-refractivity contribution in [3.8, 4) is 5.75 Å². The molecular weight excluding hydrogens is 266 g/mol. The molecule has 1 aliphatic carbocycles. The summed E-state index contributed by atoms with van der Waals surface area (Å²) in [4.78, 5) is 12.2. The summed E-state index contributed by atoms with van der Waals surface area (Å²) in [5.74, 6) is 1.11. The van der Waals surface area contributed by atoms with E-state index in [4.69, 9.17) is 4.74 Å². The van der Waals surface area contributed by atoms with E-state index in [0.29, 0.717) is 18.9 Å². The van der Waals surface area contributed by atoms with Crippen molar-refractivity contribution in [2.24, 2.45) is 11.8 Å². The molecule has 1 aromatic carbocycles. The fraction of sp³-hybridized carbons (Fsp3) is 0.588. The maximum Gasteiger partial charge on any atom is 0.223 e. The van der Waals surface area contributed by atoms with Crippen molar-refractivity contribution in [1.82, 2.24) is 5.32 Å². The number of hydrogen-bond acceptors (Lipinski definition) is 3. The van der Waals surface area contributed by atoms with Gasteiger partial charge in [0.25, 0.3) is 0 Å². The van der Waals surface area contributed by atoms with Gasteiger partial charge in [0.05, 0.1) is 18.8 Å². The predicted molar refractivity (Wildman–Crippen MR) is 82.1 cm³/mol. The summed E-state index contributed by atoms with van der Waals surface area (Å²) in [6, 6.07) is 9.60. The van der Waals surface area contributed by atoms with Crippen LogP contribution in [0.2, 0.25) is 0 Å². The fourth-order valence-corrected chi connectivity index (χ4v) is 2.40. The van der Waals surface area contributed by atoms with Gasteiger partial charge in [-0.15, -0.1) is 0 Å². The first kappa shape index (κ1) is 15.8. The second-order valence-corrected chi connectivity index (χ2v) is 6.19. The first-order valence-corrected chi connectivity index (χ1v) is 7.66. The largest absolute Gasteiger partial charge is 0.494 e. The van der Waals surface area contributed by atoms with Crippen LogP contribution in [0.3, 0.4) is 0 Å². The first-order chi connectivity index (χ1) is 10.0. The molecule has 2 rings (SSSR count). The number of carbonyl (C=O) groups is 1. The summed E-state index contributed by atoms with van der Waals surface area (Å²) in [6.07, 6.45) is 2.83. The van der Waals surface area contributed by atoms with Gasteiger partial charge in [0.2, 0.25) is 5.91 Å². The van der Waals surface area contributed by atoms with Crippen LogP contribution >= 0.6 is 0 Å². The number of amides is 1. The lowest BCUT2D eigenvalue weighted by Gasteiger charge is -2.30. The summed E-state index contributed by atoms with van der Waals surface area (Å²) in [5.41, 5.74) is -0.467. The Balaban J connectivity index is 1.74. The normalized spacial score (nSPS) is 18.6. The summed E-state index contributed by atoms with van der Waals surface area (Å²) in [5, 5.41) is 12.5. The Morgan fingerprint density at radius 1 is 1.43 bits per heavy atom. The summed E-state index contributed by atoms with van der Waals surface area (Å²) >= 11 is 0. The van der Waals surface area contributed by atoms with Gasteiger partial charge < -0.3 is 15.2 Å². The second-order valence-electron chi connectivity index (χ2n) is 6.19. The highest BCUT2D eigenvalue weighted by atomic mass is 16.5. The lowest BCUT2D eigenvalue weighted by molar-refractivity contribution is -0.127. The van der Waals surface area contributed by atoms with E-state index in [1.165, 1.54) is 0 Å². The number of ether oxygens (including phenoxy) is 1. The summed E-state index contributed by atoms with van der Waals surface area (Å²) < 4.78 is 5.61. The Bertz CT molecular complexity index is 458. The maximum absolute atomic E-state index is 12.2. The number of nitrogens with one attached hydrogen (secondary N) is 1. The van der Waals surface area contributed by atoms with Crippen LogP contribution in [0.5, 0.6) is 5.75 Å². The minimum atomic E-state index is -0.467. The monoisotopic (exact) mass is 291 g/mol. The van der Waals surface area contributed by atoms with Crippen molar-refractivity contribution in [2.75, 3.05) is 13.2 Å². The van der Waals surface area contributed by atoms with Crippen molar-refractivity contribution in [3.63, 3.8) is 0 Å². The molecule has 4 nitrogen and oxygen atoms in total. The molecule has 0 heterocycles. The Labute approximate surface area is 126 Å². The van der Waals surface area contributed by atoms with E-state index < -0.39 is 5.54 Å². The Kier molecular flexibility index (Phi) is 5.23. The molecule has 1 saturated carbocycles. The van der Waals surface area contributed by atoms with Crippen LogP contribution < -0.4 is 10.1 Å². The zero-order chi connectivity index (χ0) is 15.3. The van der Waals surface area contributed by atoms with Gasteiger partial charge in [-0.3, -0.25) is 4.79 Å². The molecule has 116 valence electrons. The molecule has 0 aliphatic heterocycles. The van der Waals surface area contributed by atoms with Crippen LogP contribution in [0.25, 0.3) is 0 Å². The number of aliphatic hydroxyl groups is 1. The second kappa shape index (κ2) is 6.94. The number of para-hydroxylation sites is 1. The minimum Gasteiger partial charge on any atom is -0.494 e. The summed E-state index contributed by atoms with van der Waals surface area (Å²) in [7, 11) is 0. The molecule has 0 aromatic heterocycles. The van der Waals surface area contributed by atoms with Crippen LogP contribution in [0.15, 0.2) is 30.3 Å². The average molecular weight is 291 g/mol. The SMILES string of the molecule is CC(CCOc1ccccc1)C(=O)NC(C)(CO)C1CC1. The molecular formula is C17H25NO3. The molecule has 1 aliphatic rings. The zero-order valence-electron chi connectivity index (χ0n) is 12.8. The molecule has 1 fully saturated rings. The number of benzene rings is 1. The van der Waals surface area contributed by atoms with Crippen LogP contribution in [-0.2, 0) is 4.79 Å². The topological polar surface area (TPSA) is 58.6 Å². The predicted octanol–water partition coefficient (Wildman–Crippen LogP) is 2.37. The fourth-order valence-electron chi connectivity index (χ4n) is 2.40. The van der Waals surface area contributed by atoms with Gasteiger partial charge in [-0.1, -0.05) is 25.1 Å². The molecule has 2 N–H and O–H groups in total. The van der Waals surface area contributed by atoms with Gasteiger partial charge in [0, 0.05) is 5.92 Å². The van der Waals surface area contributed by atoms with E-state index in [0.717, 1.165) is 18.6 Å². The third kappa shape index (κ3) is 4.46. The molecule has 0 radical (unpaired) electrons. The van der Waals surface area contributed by atoms with Gasteiger partial charge in [-0.25, -0.2) is 0 Å². The molecule has 2 unspecified atom stereocenters. The van der Waals surface area contributed by atoms with Crippen LogP contribution in [0, 0.1) is 11.8 Å². The van der Waals surface area contributed by atoms with Crippen LogP contribution in [0.4, 0.5) is 0 Å². The standard InChI is InChI=1S/C17H25NO3/c1-13(10-11-21-15-6-4-3-5-7-15)16(20)18-17(2,12-19)14-8-9-14/h3-7,13-14,19H,8-12H2,1-2H3,(H,18,20). The molecule has 4 heteroatoms. The van der Waals surface area contributed by atoms with Crippen molar-refractivity contribution < 1.29 is 14.6 Å². The lowest BCUT2D eigenvalue weighted by Crippen LogP contribution is -2.52. The smallest absolute Gasteiger partial charge is 0.223 e. The average Bonchev–Trinajstić information content (AvgIpc) is 3.33. The molecule has 2 atom stereocenters. The summed E-state index contributed by atoms with van der Waals surface area (Å²) in [6.45, 7) is 4.33. The Hall–Kier alpha value is -1.55. The van der Waals surface area contributed by atoms with Crippen LogP contribution in [0.1, 0.15) is 33.1 Å². The maximum atomic E-state index is 12.2. The highest BCUT2D eigenvalue weighted by Gasteiger charge is 2.42. The minimum absolute atomic E-state index is 0.00333. The Morgan fingerprint density at radius 2 is 2.10 bits per heavy atom. The van der Waals surface area contributed by atoms with E-state index in [1.807, 2.05) is 44.2 Å². The number of carbonyl (C=O) groups excluding carboxylic acids is 1. The van der Waals surface area contributed by atoms with Crippen molar-refractivity contribution in [2.45, 2.75) is 38.6 Å². The van der Waals surface area contributed by atoms with Gasteiger partial charge in [0.15, 0.2) is 0 Å². The number of rotatable bonds is 8. The number of hydrogen-bond donors (Lipinski definition) is 2. The van der Waals surface area contributed by atoms with E-state index in [2.05, 4.69) is 5.32 Å². The highest BCUT2D eigenvalue weighted by Crippen LogP contribution is 2.39. The zero-order valence-corrected chi connectivity index (χ0v) is 12.8. The molecule has 0 saturated heterocycles. The first-order valence-electron chi connectivity index (χ1n) is 7.66. The van der Waals surface area contributed by atoms with Crippen molar-refractivity contribution in [3.05, 3.63) is 30.3 Å². The van der Waals surface area contributed by atoms with Gasteiger partial charge >= 0.3 is 0 Å². The highest BCUT2D eigenvalue weighted by molar-refractivity contribution is 5.79. The van der Waals surface area contributed by atoms with E-state index in [9.17, 15) is 9.90 Å². The van der Waals surface area contributed by atoms with E-state index in [1.54, 1.807) is 0 Å². The quantitative estimate of drug-likeness (QED) is 0.773. The van der Waals surface area contributed by atoms with E-state index >= 15 is 0 Å². The molecule has 1 aromatic rings. The third-order valence-electron chi connectivity index (χ3n) is 4.23.